The first-order valence-electron chi connectivity index (χ1n) is 22.2. The van der Waals surface area contributed by atoms with E-state index in [9.17, 15) is 0 Å². The SMILES string of the molecule is C1=CC(C2(c3ccccc3)c3ccccc3-c3ccc(N(c4ccc5c(c4)C(c4ccccc4)(c4ccccc4)c4ccccc4-5)c4ccccc4-c4ccccc4)cc32)=CCC1. The Morgan fingerprint density at radius 3 is 1.30 bits per heavy atom. The van der Waals surface area contributed by atoms with Gasteiger partial charge >= 0.3 is 0 Å². The van der Waals surface area contributed by atoms with Crippen molar-refractivity contribution in [3.63, 3.8) is 0 Å². The van der Waals surface area contributed by atoms with Crippen LogP contribution in [0.1, 0.15) is 51.8 Å². The van der Waals surface area contributed by atoms with Gasteiger partial charge in [-0.05, 0) is 116 Å². The summed E-state index contributed by atoms with van der Waals surface area (Å²) < 4.78 is 0. The fourth-order valence-corrected chi connectivity index (χ4v) is 11.3. The summed E-state index contributed by atoms with van der Waals surface area (Å²) in [7, 11) is 0. The normalized spacial score (nSPS) is 16.3. The molecule has 63 heavy (non-hydrogen) atoms. The Morgan fingerprint density at radius 2 is 0.762 bits per heavy atom. The number of nitrogens with zero attached hydrogens (tertiary/aromatic N) is 1. The molecule has 0 heterocycles. The van der Waals surface area contributed by atoms with E-state index >= 15 is 0 Å². The van der Waals surface area contributed by atoms with Crippen LogP contribution >= 0.6 is 0 Å². The van der Waals surface area contributed by atoms with Gasteiger partial charge in [0.2, 0.25) is 0 Å². The van der Waals surface area contributed by atoms with Gasteiger partial charge in [-0.25, -0.2) is 0 Å². The quantitative estimate of drug-likeness (QED) is 0.148. The smallest absolute Gasteiger partial charge is 0.0714 e. The Labute approximate surface area is 370 Å². The van der Waals surface area contributed by atoms with Gasteiger partial charge in [-0.15, -0.1) is 0 Å². The van der Waals surface area contributed by atoms with Crippen LogP contribution in [0, 0.1) is 0 Å². The molecule has 0 N–H and O–H groups in total. The molecule has 1 atom stereocenters. The summed E-state index contributed by atoms with van der Waals surface area (Å²) in [5.41, 5.74) is 20.2. The lowest BCUT2D eigenvalue weighted by atomic mass is 9.66. The summed E-state index contributed by atoms with van der Waals surface area (Å²) in [4.78, 5) is 2.52. The van der Waals surface area contributed by atoms with Crippen molar-refractivity contribution >= 4 is 17.1 Å². The standard InChI is InChI=1S/C62H45N/c1-6-22-44(23-7-1)51-32-18-21-37-60(51)63(49-38-40-54-52-33-16-19-35-56(52)61(58(54)42-49,45-24-8-2-9-25-45)46-26-10-3-11-27-46)50-39-41-55-53-34-17-20-36-57(53)62(59(55)43-50,47-28-12-4-13-29-47)48-30-14-5-15-31-48/h1-4,6-14,16-43H,5,15H2. The van der Waals surface area contributed by atoms with Crippen LogP contribution in [0.5, 0.6) is 0 Å². The fraction of sp³-hybridized carbons (Fsp3) is 0.0645. The van der Waals surface area contributed by atoms with E-state index in [2.05, 4.69) is 254 Å². The minimum atomic E-state index is -0.531. The summed E-state index contributed by atoms with van der Waals surface area (Å²) in [5, 5.41) is 0. The molecule has 0 saturated carbocycles. The maximum Gasteiger partial charge on any atom is 0.0714 e. The summed E-state index contributed by atoms with van der Waals surface area (Å²) in [5.74, 6) is 0. The Kier molecular flexibility index (Phi) is 8.83. The molecule has 0 radical (unpaired) electrons. The molecule has 0 aliphatic heterocycles. The molecule has 0 spiro atoms. The second-order valence-electron chi connectivity index (χ2n) is 17.0. The maximum atomic E-state index is 2.52. The van der Waals surface area contributed by atoms with Gasteiger partial charge in [-0.3, -0.25) is 0 Å². The van der Waals surface area contributed by atoms with Crippen molar-refractivity contribution in [2.45, 2.75) is 23.7 Å². The maximum absolute atomic E-state index is 2.52. The lowest BCUT2D eigenvalue weighted by Gasteiger charge is -2.37. The lowest BCUT2D eigenvalue weighted by molar-refractivity contribution is 0.751. The van der Waals surface area contributed by atoms with Crippen molar-refractivity contribution in [1.29, 1.82) is 0 Å². The van der Waals surface area contributed by atoms with Crippen LogP contribution in [-0.2, 0) is 10.8 Å². The zero-order valence-electron chi connectivity index (χ0n) is 35.0. The van der Waals surface area contributed by atoms with Crippen molar-refractivity contribution in [1.82, 2.24) is 0 Å². The zero-order valence-corrected chi connectivity index (χ0v) is 35.0. The van der Waals surface area contributed by atoms with Crippen LogP contribution in [0.2, 0.25) is 0 Å². The van der Waals surface area contributed by atoms with Crippen molar-refractivity contribution in [2.75, 3.05) is 4.90 Å². The largest absolute Gasteiger partial charge is 0.310 e. The highest BCUT2D eigenvalue weighted by Crippen LogP contribution is 2.60. The minimum absolute atomic E-state index is 0.486. The number of anilines is 3. The molecular weight excluding hydrogens is 759 g/mol. The van der Waals surface area contributed by atoms with Crippen LogP contribution < -0.4 is 4.90 Å². The van der Waals surface area contributed by atoms with Gasteiger partial charge in [0.1, 0.15) is 0 Å². The van der Waals surface area contributed by atoms with E-state index in [1.807, 2.05) is 0 Å². The third kappa shape index (κ3) is 5.56. The third-order valence-electron chi connectivity index (χ3n) is 13.9. The molecule has 9 aromatic carbocycles. The van der Waals surface area contributed by atoms with Crippen molar-refractivity contribution in [3.05, 3.63) is 293 Å². The monoisotopic (exact) mass is 803 g/mol. The molecule has 0 saturated heterocycles. The van der Waals surface area contributed by atoms with Gasteiger partial charge in [-0.1, -0.05) is 218 Å². The molecule has 1 unspecified atom stereocenters. The highest BCUT2D eigenvalue weighted by atomic mass is 15.1. The highest BCUT2D eigenvalue weighted by Gasteiger charge is 2.48. The number of allylic oxidation sites excluding steroid dienone is 4. The number of fused-ring (bicyclic) bond motifs is 6. The molecule has 298 valence electrons. The average molecular weight is 804 g/mol. The van der Waals surface area contributed by atoms with Gasteiger partial charge in [0.05, 0.1) is 16.5 Å². The van der Waals surface area contributed by atoms with E-state index < -0.39 is 10.8 Å². The molecule has 1 nitrogen and oxygen atoms in total. The predicted octanol–water partition coefficient (Wildman–Crippen LogP) is 15.8. The zero-order chi connectivity index (χ0) is 41.8. The van der Waals surface area contributed by atoms with E-state index in [1.54, 1.807) is 0 Å². The highest BCUT2D eigenvalue weighted by molar-refractivity contribution is 5.95. The molecule has 0 aromatic heterocycles. The summed E-state index contributed by atoms with van der Waals surface area (Å²) in [6, 6.07) is 85.8. The Hall–Kier alpha value is -7.74. The van der Waals surface area contributed by atoms with E-state index in [0.717, 1.165) is 29.9 Å². The Bertz CT molecular complexity index is 3180. The molecule has 0 bridgehead atoms. The number of rotatable bonds is 8. The molecule has 3 aliphatic carbocycles. The van der Waals surface area contributed by atoms with Crippen molar-refractivity contribution < 1.29 is 0 Å². The van der Waals surface area contributed by atoms with E-state index in [-0.39, 0.29) is 0 Å². The summed E-state index contributed by atoms with van der Waals surface area (Å²) in [6.45, 7) is 0. The van der Waals surface area contributed by atoms with Gasteiger partial charge in [0.15, 0.2) is 0 Å². The Morgan fingerprint density at radius 1 is 0.333 bits per heavy atom. The molecule has 1 heteroatoms. The van der Waals surface area contributed by atoms with Crippen LogP contribution in [0.4, 0.5) is 17.1 Å². The second-order valence-corrected chi connectivity index (χ2v) is 17.0. The molecule has 12 rings (SSSR count). The topological polar surface area (TPSA) is 3.24 Å². The Balaban J connectivity index is 1.16. The van der Waals surface area contributed by atoms with Gasteiger partial charge < -0.3 is 4.90 Å². The molecule has 0 fully saturated rings. The third-order valence-corrected chi connectivity index (χ3v) is 13.9. The van der Waals surface area contributed by atoms with Gasteiger partial charge in [0, 0.05) is 16.9 Å². The van der Waals surface area contributed by atoms with E-state index in [0.29, 0.717) is 0 Å². The minimum Gasteiger partial charge on any atom is -0.310 e. The molecule has 0 amide bonds. The first kappa shape index (κ1) is 37.1. The van der Waals surface area contributed by atoms with E-state index in [1.165, 1.54) is 77.9 Å². The van der Waals surface area contributed by atoms with Gasteiger partial charge in [-0.2, -0.15) is 0 Å². The number of hydrogen-bond donors (Lipinski definition) is 0. The van der Waals surface area contributed by atoms with Crippen LogP contribution in [0.25, 0.3) is 33.4 Å². The van der Waals surface area contributed by atoms with Crippen LogP contribution in [0.3, 0.4) is 0 Å². The van der Waals surface area contributed by atoms with Crippen molar-refractivity contribution in [2.24, 2.45) is 0 Å². The van der Waals surface area contributed by atoms with Gasteiger partial charge in [0.25, 0.3) is 0 Å². The van der Waals surface area contributed by atoms with Crippen LogP contribution in [0.15, 0.2) is 254 Å². The number of hydrogen-bond acceptors (Lipinski definition) is 1. The first-order valence-corrected chi connectivity index (χ1v) is 22.2. The molecule has 9 aromatic rings. The number of para-hydroxylation sites is 1. The lowest BCUT2D eigenvalue weighted by Crippen LogP contribution is -2.30. The molecule has 3 aliphatic rings. The molecular formula is C62H45N. The van der Waals surface area contributed by atoms with E-state index in [4.69, 9.17) is 0 Å². The summed E-state index contributed by atoms with van der Waals surface area (Å²) >= 11 is 0. The van der Waals surface area contributed by atoms with Crippen molar-refractivity contribution in [3.8, 4) is 33.4 Å². The van der Waals surface area contributed by atoms with Crippen LogP contribution in [-0.4, -0.2) is 0 Å². The fourth-order valence-electron chi connectivity index (χ4n) is 11.3. The first-order chi connectivity index (χ1) is 31.3. The predicted molar refractivity (Wildman–Crippen MR) is 262 cm³/mol. The number of benzene rings is 9. The summed E-state index contributed by atoms with van der Waals surface area (Å²) in [6.07, 6.45) is 9.32. The second kappa shape index (κ2) is 15.0. The average Bonchev–Trinajstić information content (AvgIpc) is 3.83.